The molecule has 114 valence electrons. The average molecular weight is 357 g/mol. The Bertz CT molecular complexity index is 968. The van der Waals surface area contributed by atoms with Gasteiger partial charge in [-0.1, -0.05) is 6.07 Å². The Morgan fingerprint density at radius 3 is 2.00 bits per heavy atom. The maximum atomic E-state index is 11.1. The molecule has 0 saturated carbocycles. The number of nitrogens with zero attached hydrogens (tertiary/aromatic N) is 1. The van der Waals surface area contributed by atoms with Crippen molar-refractivity contribution in [2.45, 2.75) is 9.79 Å². The number of phenols is 1. The first kappa shape index (κ1) is 19.0. The number of hydrogen-bond donors (Lipinski definition) is 3. The van der Waals surface area contributed by atoms with Gasteiger partial charge in [-0.05, 0) is 28.8 Å². The van der Waals surface area contributed by atoms with Crippen LogP contribution in [-0.2, 0) is 20.2 Å². The molecule has 0 fully saturated rings. The van der Waals surface area contributed by atoms with Crippen LogP contribution in [-0.4, -0.2) is 60.6 Å². The molecule has 2 rings (SSSR count). The minimum absolute atomic E-state index is 0. The summed E-state index contributed by atoms with van der Waals surface area (Å²) in [5, 5.41) is 11.9. The minimum atomic E-state index is -4.87. The predicted octanol–water partition coefficient (Wildman–Crippen LogP) is 0.788. The van der Waals surface area contributed by atoms with Gasteiger partial charge in [-0.3, -0.25) is 9.11 Å². The van der Waals surface area contributed by atoms with E-state index in [2.05, 4.69) is 5.18 Å². The fourth-order valence-corrected chi connectivity index (χ4v) is 2.91. The van der Waals surface area contributed by atoms with Crippen molar-refractivity contribution in [2.24, 2.45) is 5.18 Å². The van der Waals surface area contributed by atoms with Gasteiger partial charge in [-0.15, -0.1) is 4.91 Å². The third-order valence-electron chi connectivity index (χ3n) is 2.69. The Hall–Kier alpha value is -1.08. The molecule has 0 aliphatic carbocycles. The first-order valence-electron chi connectivity index (χ1n) is 5.14. The Kier molecular flexibility index (Phi) is 5.34. The zero-order chi connectivity index (χ0) is 16.0. The van der Waals surface area contributed by atoms with Crippen LogP contribution in [0.15, 0.2) is 39.2 Å². The van der Waals surface area contributed by atoms with Crippen LogP contribution >= 0.6 is 0 Å². The molecule has 0 amide bonds. The molecule has 9 nitrogen and oxygen atoms in total. The summed E-state index contributed by atoms with van der Waals surface area (Å²) in [7, 11) is -9.42. The van der Waals surface area contributed by atoms with E-state index in [4.69, 9.17) is 9.11 Å². The third-order valence-corrected chi connectivity index (χ3v) is 4.41. The van der Waals surface area contributed by atoms with Crippen LogP contribution in [0.25, 0.3) is 10.8 Å². The summed E-state index contributed by atoms with van der Waals surface area (Å²) in [5.41, 5.74) is -0.679. The first-order valence-corrected chi connectivity index (χ1v) is 8.02. The maximum absolute atomic E-state index is 11.1. The summed E-state index contributed by atoms with van der Waals surface area (Å²) in [5.74, 6) is -1.06. The molecule has 0 heterocycles. The summed E-state index contributed by atoms with van der Waals surface area (Å²) in [6.45, 7) is 0. The normalized spacial score (nSPS) is 11.9. The Morgan fingerprint density at radius 1 is 0.955 bits per heavy atom. The number of aromatic hydroxyl groups is 1. The summed E-state index contributed by atoms with van der Waals surface area (Å²) in [4.78, 5) is 9.19. The number of nitroso groups, excluding NO2 is 1. The summed E-state index contributed by atoms with van der Waals surface area (Å²) >= 11 is 0. The molecule has 22 heavy (non-hydrogen) atoms. The Balaban J connectivity index is 0.00000242. The topological polar surface area (TPSA) is 158 Å². The van der Waals surface area contributed by atoms with Gasteiger partial charge in [0.05, 0.1) is 4.90 Å². The molecule has 0 aliphatic heterocycles. The van der Waals surface area contributed by atoms with Crippen LogP contribution in [0.1, 0.15) is 0 Å². The zero-order valence-electron chi connectivity index (χ0n) is 9.96. The van der Waals surface area contributed by atoms with Gasteiger partial charge in [0.15, 0.2) is 11.4 Å². The number of fused-ring (bicyclic) bond motifs is 1. The molecule has 12 heteroatoms. The molecule has 0 aromatic heterocycles. The van der Waals surface area contributed by atoms with Crippen molar-refractivity contribution in [3.8, 4) is 5.75 Å². The van der Waals surface area contributed by atoms with E-state index in [1.165, 1.54) is 0 Å². The monoisotopic (exact) mass is 357 g/mol. The molecular formula is C10H8NNaO8S2. The van der Waals surface area contributed by atoms with Crippen LogP contribution in [0.4, 0.5) is 5.69 Å². The molecule has 0 radical (unpaired) electrons. The second-order valence-corrected chi connectivity index (χ2v) is 6.81. The molecule has 2 aromatic carbocycles. The van der Waals surface area contributed by atoms with Crippen LogP contribution in [0.5, 0.6) is 5.75 Å². The zero-order valence-corrected chi connectivity index (χ0v) is 11.6. The van der Waals surface area contributed by atoms with Crippen molar-refractivity contribution < 1.29 is 31.0 Å². The van der Waals surface area contributed by atoms with Crippen molar-refractivity contribution in [2.75, 3.05) is 0 Å². The standard InChI is InChI=1S/C10H7NO8S2.Na.H/c12-10-8(21(17,18)19)4-5-3-6(20(14,15)16)1-2-7(5)9(10)11-13;;/h1-4,12H,(H,14,15,16)(H,17,18,19);;. The van der Waals surface area contributed by atoms with E-state index < -0.39 is 41.5 Å². The molecule has 0 saturated heterocycles. The van der Waals surface area contributed by atoms with Crippen molar-refractivity contribution in [3.63, 3.8) is 0 Å². The number of rotatable bonds is 3. The van der Waals surface area contributed by atoms with Gasteiger partial charge in [0, 0.05) is 5.39 Å². The van der Waals surface area contributed by atoms with E-state index in [9.17, 15) is 26.8 Å². The van der Waals surface area contributed by atoms with E-state index in [0.29, 0.717) is 0 Å². The van der Waals surface area contributed by atoms with Crippen molar-refractivity contribution in [1.29, 1.82) is 0 Å². The quantitative estimate of drug-likeness (QED) is 0.413. The Morgan fingerprint density at radius 2 is 1.55 bits per heavy atom. The van der Waals surface area contributed by atoms with Gasteiger partial charge in [-0.2, -0.15) is 16.8 Å². The fraction of sp³-hybridized carbons (Fsp3) is 0. The molecule has 0 unspecified atom stereocenters. The van der Waals surface area contributed by atoms with Crippen LogP contribution in [0.3, 0.4) is 0 Å². The van der Waals surface area contributed by atoms with Crippen molar-refractivity contribution in [1.82, 2.24) is 0 Å². The van der Waals surface area contributed by atoms with Crippen molar-refractivity contribution >= 4 is 66.3 Å². The fourth-order valence-electron chi connectivity index (χ4n) is 1.78. The molecule has 0 spiro atoms. The van der Waals surface area contributed by atoms with E-state index in [0.717, 1.165) is 24.3 Å². The summed E-state index contributed by atoms with van der Waals surface area (Å²) in [6.07, 6.45) is 0. The molecule has 0 atom stereocenters. The van der Waals surface area contributed by atoms with E-state index in [1.54, 1.807) is 0 Å². The van der Waals surface area contributed by atoms with E-state index in [1.807, 2.05) is 0 Å². The SMILES string of the molecule is O=Nc1c(O)c(S(=O)(=O)O)cc2cc(S(=O)(=O)O)ccc12.[NaH]. The van der Waals surface area contributed by atoms with E-state index >= 15 is 0 Å². The van der Waals surface area contributed by atoms with Crippen LogP contribution in [0.2, 0.25) is 0 Å². The van der Waals surface area contributed by atoms with Gasteiger partial charge >= 0.3 is 29.6 Å². The number of phenolic OH excluding ortho intramolecular Hbond substituents is 1. The van der Waals surface area contributed by atoms with Crippen LogP contribution < -0.4 is 0 Å². The molecule has 0 aliphatic rings. The van der Waals surface area contributed by atoms with E-state index in [-0.39, 0.29) is 40.3 Å². The second kappa shape index (κ2) is 6.20. The molecule has 2 aromatic rings. The number of hydrogen-bond acceptors (Lipinski definition) is 7. The summed E-state index contributed by atoms with van der Waals surface area (Å²) < 4.78 is 62.2. The van der Waals surface area contributed by atoms with Gasteiger partial charge in [-0.25, -0.2) is 0 Å². The predicted molar refractivity (Wildman–Crippen MR) is 77.8 cm³/mol. The number of benzene rings is 2. The van der Waals surface area contributed by atoms with Gasteiger partial charge in [0.2, 0.25) is 0 Å². The first-order chi connectivity index (χ1) is 9.55. The van der Waals surface area contributed by atoms with Gasteiger partial charge in [0.25, 0.3) is 20.2 Å². The Labute approximate surface area is 146 Å². The molecule has 0 bridgehead atoms. The van der Waals surface area contributed by atoms with Crippen LogP contribution in [0, 0.1) is 4.91 Å². The van der Waals surface area contributed by atoms with Gasteiger partial charge < -0.3 is 5.11 Å². The summed E-state index contributed by atoms with van der Waals surface area (Å²) in [6, 6.07) is 3.62. The van der Waals surface area contributed by atoms with Crippen molar-refractivity contribution in [3.05, 3.63) is 29.2 Å². The second-order valence-electron chi connectivity index (χ2n) is 4.00. The molecule has 3 N–H and O–H groups in total. The third kappa shape index (κ3) is 3.46. The average Bonchev–Trinajstić information content (AvgIpc) is 2.35. The molecular weight excluding hydrogens is 349 g/mol. The van der Waals surface area contributed by atoms with Gasteiger partial charge in [0.1, 0.15) is 4.90 Å².